The van der Waals surface area contributed by atoms with Crippen LogP contribution in [0.2, 0.25) is 0 Å². The van der Waals surface area contributed by atoms with Gasteiger partial charge in [0.1, 0.15) is 0 Å². The maximum absolute atomic E-state index is 11.1. The van der Waals surface area contributed by atoms with Crippen LogP contribution in [0, 0.1) is 0 Å². The zero-order valence-electron chi connectivity index (χ0n) is 11.6. The van der Waals surface area contributed by atoms with Crippen molar-refractivity contribution in [2.45, 2.75) is 32.1 Å². The average molecular weight is 260 g/mol. The minimum absolute atomic E-state index is 0.356. The van der Waals surface area contributed by atoms with Gasteiger partial charge >= 0.3 is 5.97 Å². The van der Waals surface area contributed by atoms with Crippen LogP contribution in [0.1, 0.15) is 37.1 Å². The lowest BCUT2D eigenvalue weighted by Gasteiger charge is -2.02. The Morgan fingerprint density at radius 3 is 2.89 bits per heavy atom. The number of carbonyl (C=O) groups is 1. The summed E-state index contributed by atoms with van der Waals surface area (Å²) in [7, 11) is 3.35. The first-order chi connectivity index (χ1) is 9.20. The molecule has 0 bridgehead atoms. The molecule has 0 atom stereocenters. The van der Waals surface area contributed by atoms with Crippen molar-refractivity contribution in [3.63, 3.8) is 0 Å². The number of ether oxygens (including phenoxy) is 1. The smallest absolute Gasteiger partial charge is 0.330 e. The maximum Gasteiger partial charge on any atom is 0.330 e. The number of esters is 1. The van der Waals surface area contributed by atoms with Gasteiger partial charge in [-0.15, -0.1) is 0 Å². The molecule has 1 aromatic heterocycles. The van der Waals surface area contributed by atoms with Gasteiger partial charge < -0.3 is 9.30 Å². The molecule has 1 heterocycles. The Morgan fingerprint density at radius 1 is 1.47 bits per heavy atom. The maximum atomic E-state index is 11.1. The van der Waals surface area contributed by atoms with Crippen LogP contribution in [0.5, 0.6) is 0 Å². The van der Waals surface area contributed by atoms with Crippen molar-refractivity contribution in [2.75, 3.05) is 7.11 Å². The van der Waals surface area contributed by atoms with E-state index >= 15 is 0 Å². The number of hydrogen-bond donors (Lipinski definition) is 0. The van der Waals surface area contributed by atoms with E-state index in [4.69, 9.17) is 0 Å². The van der Waals surface area contributed by atoms with Gasteiger partial charge in [-0.1, -0.05) is 11.6 Å². The molecule has 0 saturated heterocycles. The molecule has 1 aliphatic carbocycles. The van der Waals surface area contributed by atoms with Gasteiger partial charge in [0.05, 0.1) is 19.1 Å². The fourth-order valence-electron chi connectivity index (χ4n) is 2.35. The second-order valence-electron chi connectivity index (χ2n) is 4.82. The largest absolute Gasteiger partial charge is 0.466 e. The van der Waals surface area contributed by atoms with Gasteiger partial charge in [0.2, 0.25) is 0 Å². The SMILES string of the molecule is COC(=O)/C=C/c1ncn(C)c1CC=C1CCCC1. The molecule has 4 nitrogen and oxygen atoms in total. The van der Waals surface area contributed by atoms with Crippen molar-refractivity contribution < 1.29 is 9.53 Å². The van der Waals surface area contributed by atoms with E-state index in [0.717, 1.165) is 17.8 Å². The van der Waals surface area contributed by atoms with Crippen LogP contribution in [-0.2, 0) is 23.0 Å². The second kappa shape index (κ2) is 6.36. The molecule has 0 amide bonds. The fraction of sp³-hybridized carbons (Fsp3) is 0.467. The van der Waals surface area contributed by atoms with E-state index in [2.05, 4.69) is 15.8 Å². The second-order valence-corrected chi connectivity index (χ2v) is 4.82. The van der Waals surface area contributed by atoms with Crippen molar-refractivity contribution in [2.24, 2.45) is 7.05 Å². The number of nitrogens with zero attached hydrogens (tertiary/aromatic N) is 2. The highest BCUT2D eigenvalue weighted by molar-refractivity contribution is 5.86. The highest BCUT2D eigenvalue weighted by Gasteiger charge is 2.09. The zero-order chi connectivity index (χ0) is 13.7. The number of allylic oxidation sites excluding steroid dienone is 2. The summed E-state index contributed by atoms with van der Waals surface area (Å²) in [5, 5.41) is 0. The van der Waals surface area contributed by atoms with Gasteiger partial charge in [-0.3, -0.25) is 0 Å². The van der Waals surface area contributed by atoms with Crippen LogP contribution in [0.3, 0.4) is 0 Å². The molecule has 0 radical (unpaired) electrons. The Kier molecular flexibility index (Phi) is 4.55. The topological polar surface area (TPSA) is 44.1 Å². The van der Waals surface area contributed by atoms with Crippen molar-refractivity contribution in [1.29, 1.82) is 0 Å². The lowest BCUT2D eigenvalue weighted by molar-refractivity contribution is -0.134. The van der Waals surface area contributed by atoms with Crippen molar-refractivity contribution >= 4 is 12.0 Å². The van der Waals surface area contributed by atoms with Gasteiger partial charge in [-0.2, -0.15) is 0 Å². The van der Waals surface area contributed by atoms with E-state index < -0.39 is 0 Å². The number of aromatic nitrogens is 2. The molecule has 0 N–H and O–H groups in total. The summed E-state index contributed by atoms with van der Waals surface area (Å²) in [5.41, 5.74) is 3.51. The number of rotatable bonds is 4. The van der Waals surface area contributed by atoms with Crippen LogP contribution >= 0.6 is 0 Å². The lowest BCUT2D eigenvalue weighted by atomic mass is 10.1. The van der Waals surface area contributed by atoms with Crippen molar-refractivity contribution in [3.8, 4) is 0 Å². The van der Waals surface area contributed by atoms with Crippen molar-refractivity contribution in [1.82, 2.24) is 9.55 Å². The molecule has 102 valence electrons. The molecule has 1 fully saturated rings. The van der Waals surface area contributed by atoms with E-state index in [1.54, 1.807) is 18.0 Å². The lowest BCUT2D eigenvalue weighted by Crippen LogP contribution is -1.97. The summed E-state index contributed by atoms with van der Waals surface area (Å²) in [6.45, 7) is 0. The molecule has 1 aliphatic rings. The standard InChI is InChI=1S/C15H20N2O2/c1-17-11-16-13(8-10-15(18)19-2)14(17)9-7-12-5-3-4-6-12/h7-8,10-11H,3-6,9H2,1-2H3/b10-8+. The minimum Gasteiger partial charge on any atom is -0.466 e. The molecule has 0 aliphatic heterocycles. The third kappa shape index (κ3) is 3.56. The Bertz CT molecular complexity index is 504. The van der Waals surface area contributed by atoms with Gasteiger partial charge in [-0.25, -0.2) is 9.78 Å². The zero-order valence-corrected chi connectivity index (χ0v) is 11.6. The first-order valence-corrected chi connectivity index (χ1v) is 6.65. The third-order valence-electron chi connectivity index (χ3n) is 3.50. The van der Waals surface area contributed by atoms with Crippen LogP contribution in [0.25, 0.3) is 6.08 Å². The monoisotopic (exact) mass is 260 g/mol. The number of methoxy groups -OCH3 is 1. The van der Waals surface area contributed by atoms with Gasteiger partial charge in [-0.05, 0) is 31.8 Å². The van der Waals surface area contributed by atoms with Crippen LogP contribution in [0.15, 0.2) is 24.1 Å². The summed E-state index contributed by atoms with van der Waals surface area (Å²) in [4.78, 5) is 15.4. The molecule has 0 aromatic carbocycles. The van der Waals surface area contributed by atoms with E-state index in [9.17, 15) is 4.79 Å². The van der Waals surface area contributed by atoms with E-state index in [-0.39, 0.29) is 5.97 Å². The Morgan fingerprint density at radius 2 is 2.21 bits per heavy atom. The molecule has 19 heavy (non-hydrogen) atoms. The number of hydrogen-bond acceptors (Lipinski definition) is 3. The highest BCUT2D eigenvalue weighted by Crippen LogP contribution is 2.24. The minimum atomic E-state index is -0.356. The van der Waals surface area contributed by atoms with E-state index in [0.29, 0.717) is 0 Å². The van der Waals surface area contributed by atoms with Gasteiger partial charge in [0.15, 0.2) is 0 Å². The average Bonchev–Trinajstić information content (AvgIpc) is 3.04. The summed E-state index contributed by atoms with van der Waals surface area (Å²) in [6.07, 6.45) is 13.2. The first-order valence-electron chi connectivity index (χ1n) is 6.65. The van der Waals surface area contributed by atoms with E-state index in [1.807, 2.05) is 11.6 Å². The number of imidazole rings is 1. The predicted octanol–water partition coefficient (Wildman–Crippen LogP) is 2.65. The van der Waals surface area contributed by atoms with Gasteiger partial charge in [0, 0.05) is 25.2 Å². The number of carbonyl (C=O) groups excluding carboxylic acids is 1. The third-order valence-corrected chi connectivity index (χ3v) is 3.50. The van der Waals surface area contributed by atoms with Crippen LogP contribution in [0.4, 0.5) is 0 Å². The first kappa shape index (κ1) is 13.6. The van der Waals surface area contributed by atoms with Crippen LogP contribution in [-0.4, -0.2) is 22.6 Å². The van der Waals surface area contributed by atoms with E-state index in [1.165, 1.54) is 38.9 Å². The summed E-state index contributed by atoms with van der Waals surface area (Å²) in [5.74, 6) is -0.356. The van der Waals surface area contributed by atoms with Crippen molar-refractivity contribution in [3.05, 3.63) is 35.4 Å². The molecule has 4 heteroatoms. The van der Waals surface area contributed by atoms with Crippen LogP contribution < -0.4 is 0 Å². The predicted molar refractivity (Wildman–Crippen MR) is 74.5 cm³/mol. The fourth-order valence-corrected chi connectivity index (χ4v) is 2.35. The quantitative estimate of drug-likeness (QED) is 0.475. The molecular weight excluding hydrogens is 240 g/mol. The Labute approximate surface area is 113 Å². The molecule has 0 spiro atoms. The summed E-state index contributed by atoms with van der Waals surface area (Å²) < 4.78 is 6.59. The normalized spacial score (nSPS) is 15.2. The summed E-state index contributed by atoms with van der Waals surface area (Å²) >= 11 is 0. The molecule has 1 aromatic rings. The molecule has 0 unspecified atom stereocenters. The van der Waals surface area contributed by atoms with Gasteiger partial charge in [0.25, 0.3) is 0 Å². The Balaban J connectivity index is 2.11. The highest BCUT2D eigenvalue weighted by atomic mass is 16.5. The number of aryl methyl sites for hydroxylation is 1. The summed E-state index contributed by atoms with van der Waals surface area (Å²) in [6, 6.07) is 0. The molecule has 2 rings (SSSR count). The molecular formula is C15H20N2O2. The molecule has 1 saturated carbocycles. The Hall–Kier alpha value is -1.84.